The highest BCUT2D eigenvalue weighted by atomic mass is 79.9. The Bertz CT molecular complexity index is 743. The van der Waals surface area contributed by atoms with Crippen LogP contribution in [0.4, 0.5) is 0 Å². The van der Waals surface area contributed by atoms with Gasteiger partial charge in [-0.3, -0.25) is 4.79 Å². The molecule has 24 heavy (non-hydrogen) atoms. The summed E-state index contributed by atoms with van der Waals surface area (Å²) in [5.74, 6) is 1.45. The van der Waals surface area contributed by atoms with Gasteiger partial charge in [-0.05, 0) is 31.0 Å². The minimum atomic E-state index is 0.0643. The minimum Gasteiger partial charge on any atom is -0.377 e. The number of benzene rings is 1. The van der Waals surface area contributed by atoms with Crippen molar-refractivity contribution in [1.29, 1.82) is 0 Å². The van der Waals surface area contributed by atoms with Gasteiger partial charge in [0, 0.05) is 22.9 Å². The average molecular weight is 390 g/mol. The van der Waals surface area contributed by atoms with E-state index in [-0.39, 0.29) is 23.8 Å². The van der Waals surface area contributed by atoms with Gasteiger partial charge in [-0.25, -0.2) is 4.98 Å². The molecular formula is C18H20BrN3O2. The van der Waals surface area contributed by atoms with Gasteiger partial charge in [0.1, 0.15) is 5.82 Å². The molecule has 2 aromatic rings. The Morgan fingerprint density at radius 2 is 2.17 bits per heavy atom. The molecule has 1 aromatic carbocycles. The first-order valence-electron chi connectivity index (χ1n) is 8.32. The van der Waals surface area contributed by atoms with Crippen LogP contribution in [0.15, 0.2) is 34.9 Å². The fraction of sp³-hybridized carbons (Fsp3) is 0.444. The zero-order valence-corrected chi connectivity index (χ0v) is 15.1. The van der Waals surface area contributed by atoms with Crippen LogP contribution in [0.2, 0.25) is 0 Å². The second-order valence-corrected chi connectivity index (χ2v) is 7.51. The molecule has 2 heterocycles. The normalized spacial score (nSPS) is 26.4. The summed E-state index contributed by atoms with van der Waals surface area (Å²) in [5.41, 5.74) is 2.10. The summed E-state index contributed by atoms with van der Waals surface area (Å²) in [5, 5.41) is 0. The molecule has 4 rings (SSSR count). The van der Waals surface area contributed by atoms with E-state index in [1.54, 1.807) is 0 Å². The Balaban J connectivity index is 1.45. The lowest BCUT2D eigenvalue weighted by molar-refractivity contribution is -0.140. The van der Waals surface area contributed by atoms with E-state index in [4.69, 9.17) is 4.74 Å². The van der Waals surface area contributed by atoms with Gasteiger partial charge < -0.3 is 14.6 Å². The van der Waals surface area contributed by atoms with Crippen LogP contribution in [0.25, 0.3) is 11.3 Å². The fourth-order valence-corrected chi connectivity index (χ4v) is 3.60. The molecule has 3 atom stereocenters. The molecule has 1 aliphatic heterocycles. The molecule has 5 nitrogen and oxygen atoms in total. The predicted octanol–water partition coefficient (Wildman–Crippen LogP) is 3.19. The molecule has 2 fully saturated rings. The van der Waals surface area contributed by atoms with Gasteiger partial charge >= 0.3 is 0 Å². The first-order valence-corrected chi connectivity index (χ1v) is 9.12. The van der Waals surface area contributed by atoms with E-state index in [9.17, 15) is 4.79 Å². The maximum Gasteiger partial charge on any atom is 0.226 e. The molecule has 126 valence electrons. The number of nitrogens with zero attached hydrogens (tertiary/aromatic N) is 2. The number of H-pyrrole nitrogens is 1. The molecule has 6 heteroatoms. The van der Waals surface area contributed by atoms with Crippen molar-refractivity contribution >= 4 is 21.8 Å². The maximum atomic E-state index is 12.7. The van der Waals surface area contributed by atoms with Gasteiger partial charge in [-0.15, -0.1) is 0 Å². The quantitative estimate of drug-likeness (QED) is 0.876. The number of aromatic nitrogens is 2. The number of carbonyl (C=O) groups is 1. The zero-order chi connectivity index (χ0) is 16.7. The van der Waals surface area contributed by atoms with Gasteiger partial charge in [0.2, 0.25) is 5.91 Å². The second kappa shape index (κ2) is 6.33. The molecule has 1 N–H and O–H groups in total. The lowest BCUT2D eigenvalue weighted by Crippen LogP contribution is -2.47. The monoisotopic (exact) mass is 389 g/mol. The SMILES string of the molecule is C[C@@H]1COCCN1C(=O)[C@H]1C[C@H]1c1ncc(-c2ccc(Br)cc2)[nH]1. The highest BCUT2D eigenvalue weighted by Gasteiger charge is 2.48. The van der Waals surface area contributed by atoms with Crippen LogP contribution in [0.5, 0.6) is 0 Å². The van der Waals surface area contributed by atoms with Crippen LogP contribution in [0.1, 0.15) is 25.1 Å². The fourth-order valence-electron chi connectivity index (χ4n) is 3.34. The van der Waals surface area contributed by atoms with Gasteiger partial charge in [-0.2, -0.15) is 0 Å². The van der Waals surface area contributed by atoms with Crippen molar-refractivity contribution in [2.24, 2.45) is 5.92 Å². The van der Waals surface area contributed by atoms with Crippen molar-refractivity contribution in [2.75, 3.05) is 19.8 Å². The van der Waals surface area contributed by atoms with E-state index in [0.717, 1.165) is 28.0 Å². The van der Waals surface area contributed by atoms with Crippen molar-refractivity contribution in [3.63, 3.8) is 0 Å². The number of amides is 1. The number of rotatable bonds is 3. The van der Waals surface area contributed by atoms with Crippen LogP contribution in [0.3, 0.4) is 0 Å². The van der Waals surface area contributed by atoms with Gasteiger partial charge in [-0.1, -0.05) is 28.1 Å². The van der Waals surface area contributed by atoms with Crippen LogP contribution < -0.4 is 0 Å². The third-order valence-corrected chi connectivity index (χ3v) is 5.39. The molecule has 1 aromatic heterocycles. The Morgan fingerprint density at radius 1 is 1.38 bits per heavy atom. The van der Waals surface area contributed by atoms with Crippen molar-refractivity contribution < 1.29 is 9.53 Å². The highest BCUT2D eigenvalue weighted by molar-refractivity contribution is 9.10. The molecule has 1 aliphatic carbocycles. The number of nitrogens with one attached hydrogen (secondary N) is 1. The van der Waals surface area contributed by atoms with Crippen molar-refractivity contribution in [3.8, 4) is 11.3 Å². The summed E-state index contributed by atoms with van der Waals surface area (Å²) in [6.45, 7) is 4.03. The molecule has 1 amide bonds. The Hall–Kier alpha value is -1.66. The smallest absolute Gasteiger partial charge is 0.226 e. The van der Waals surface area contributed by atoms with E-state index in [1.165, 1.54) is 0 Å². The summed E-state index contributed by atoms with van der Waals surface area (Å²) in [6, 6.07) is 8.29. The highest BCUT2D eigenvalue weighted by Crippen LogP contribution is 2.48. The van der Waals surface area contributed by atoms with Crippen LogP contribution >= 0.6 is 15.9 Å². The van der Waals surface area contributed by atoms with Crippen LogP contribution in [-0.4, -0.2) is 46.6 Å². The first kappa shape index (κ1) is 15.8. The average Bonchev–Trinajstić information content (AvgIpc) is 3.24. The van der Waals surface area contributed by atoms with Crippen molar-refractivity contribution in [1.82, 2.24) is 14.9 Å². The second-order valence-electron chi connectivity index (χ2n) is 6.59. The molecular weight excluding hydrogens is 370 g/mol. The van der Waals surface area contributed by atoms with Crippen LogP contribution in [-0.2, 0) is 9.53 Å². The maximum absolute atomic E-state index is 12.7. The van der Waals surface area contributed by atoms with Crippen molar-refractivity contribution in [3.05, 3.63) is 40.8 Å². The Kier molecular flexibility index (Phi) is 4.18. The molecule has 0 spiro atoms. The molecule has 1 saturated carbocycles. The molecule has 1 saturated heterocycles. The van der Waals surface area contributed by atoms with Gasteiger partial charge in [0.25, 0.3) is 0 Å². The summed E-state index contributed by atoms with van der Waals surface area (Å²) in [7, 11) is 0. The number of imidazole rings is 1. The van der Waals surface area contributed by atoms with E-state index in [2.05, 4.69) is 25.9 Å². The molecule has 2 aliphatic rings. The van der Waals surface area contributed by atoms with E-state index in [0.29, 0.717) is 19.8 Å². The largest absolute Gasteiger partial charge is 0.377 e. The van der Waals surface area contributed by atoms with Gasteiger partial charge in [0.15, 0.2) is 0 Å². The lowest BCUT2D eigenvalue weighted by Gasteiger charge is -2.33. The molecule has 0 bridgehead atoms. The predicted molar refractivity (Wildman–Crippen MR) is 94.6 cm³/mol. The number of hydrogen-bond donors (Lipinski definition) is 1. The Morgan fingerprint density at radius 3 is 2.92 bits per heavy atom. The van der Waals surface area contributed by atoms with E-state index >= 15 is 0 Å². The minimum absolute atomic E-state index is 0.0643. The number of ether oxygens (including phenoxy) is 1. The summed E-state index contributed by atoms with van der Waals surface area (Å²) < 4.78 is 6.47. The lowest BCUT2D eigenvalue weighted by atomic mass is 10.2. The van der Waals surface area contributed by atoms with E-state index < -0.39 is 0 Å². The zero-order valence-electron chi connectivity index (χ0n) is 13.5. The third-order valence-electron chi connectivity index (χ3n) is 4.86. The number of halogens is 1. The first-order chi connectivity index (χ1) is 11.6. The number of hydrogen-bond acceptors (Lipinski definition) is 3. The standard InChI is InChI=1S/C18H20BrN3O2/c1-11-10-24-7-6-22(11)18(23)15-8-14(15)17-20-9-16(21-17)12-2-4-13(19)5-3-12/h2-5,9,11,14-15H,6-8,10H2,1H3,(H,20,21)/t11-,14-,15+/m1/s1. The molecule has 0 radical (unpaired) electrons. The van der Waals surface area contributed by atoms with Gasteiger partial charge in [0.05, 0.1) is 31.1 Å². The number of aromatic amines is 1. The third kappa shape index (κ3) is 3.00. The Labute approximate surface area is 149 Å². The summed E-state index contributed by atoms with van der Waals surface area (Å²) in [4.78, 5) is 22.6. The molecule has 0 unspecified atom stereocenters. The van der Waals surface area contributed by atoms with Crippen LogP contribution in [0, 0.1) is 5.92 Å². The summed E-state index contributed by atoms with van der Waals surface area (Å²) >= 11 is 3.45. The summed E-state index contributed by atoms with van der Waals surface area (Å²) in [6.07, 6.45) is 2.74. The topological polar surface area (TPSA) is 58.2 Å². The number of morpholine rings is 1. The van der Waals surface area contributed by atoms with Crippen molar-refractivity contribution in [2.45, 2.75) is 25.3 Å². The van der Waals surface area contributed by atoms with E-state index in [1.807, 2.05) is 42.3 Å². The number of carbonyl (C=O) groups excluding carboxylic acids is 1.